The summed E-state index contributed by atoms with van der Waals surface area (Å²) in [6.45, 7) is 2.02. The van der Waals surface area contributed by atoms with Crippen LogP contribution in [0.3, 0.4) is 0 Å². The Hall–Kier alpha value is -3.40. The molecule has 4 rings (SSSR count). The molecule has 0 N–H and O–H groups in total. The molecule has 174 valence electrons. The van der Waals surface area contributed by atoms with Crippen LogP contribution in [-0.4, -0.2) is 0 Å². The molecule has 4 aromatic rings. The summed E-state index contributed by atoms with van der Waals surface area (Å²) in [6, 6.07) is 22.9. The van der Waals surface area contributed by atoms with Crippen LogP contribution in [0.25, 0.3) is 21.9 Å². The van der Waals surface area contributed by atoms with Crippen LogP contribution in [0.15, 0.2) is 91.0 Å². The topological polar surface area (TPSA) is 0 Å². The third-order valence-corrected chi connectivity index (χ3v) is 6.12. The van der Waals surface area contributed by atoms with Crippen LogP contribution in [0.2, 0.25) is 0 Å². The minimum absolute atomic E-state index is 0.268. The molecule has 0 bridgehead atoms. The molecule has 0 spiro atoms. The maximum Gasteiger partial charge on any atom is 0.416 e. The quantitative estimate of drug-likeness (QED) is 0.190. The summed E-state index contributed by atoms with van der Waals surface area (Å²) < 4.78 is 53.4. The number of fused-ring (bicyclic) bond motifs is 1. The fraction of sp³-hybridized carbons (Fsp3) is 0.200. The van der Waals surface area contributed by atoms with Crippen LogP contribution < -0.4 is 0 Å². The average Bonchev–Trinajstić information content (AvgIpc) is 2.84. The van der Waals surface area contributed by atoms with Crippen LogP contribution >= 0.6 is 0 Å². The fourth-order valence-electron chi connectivity index (χ4n) is 4.13. The highest BCUT2D eigenvalue weighted by Crippen LogP contribution is 2.30. The molecule has 0 radical (unpaired) electrons. The first-order valence-electron chi connectivity index (χ1n) is 11.4. The number of alkyl halides is 3. The van der Waals surface area contributed by atoms with Gasteiger partial charge in [0.2, 0.25) is 0 Å². The van der Waals surface area contributed by atoms with Gasteiger partial charge in [-0.05, 0) is 84.0 Å². The zero-order valence-electron chi connectivity index (χ0n) is 19.0. The van der Waals surface area contributed by atoms with Crippen molar-refractivity contribution in [3.8, 4) is 11.1 Å². The lowest BCUT2D eigenvalue weighted by Gasteiger charge is -2.10. The van der Waals surface area contributed by atoms with Crippen molar-refractivity contribution in [2.45, 2.75) is 38.8 Å². The van der Waals surface area contributed by atoms with E-state index in [0.717, 1.165) is 47.1 Å². The largest absolute Gasteiger partial charge is 0.416 e. The maximum atomic E-state index is 15.2. The van der Waals surface area contributed by atoms with Gasteiger partial charge in [-0.1, -0.05) is 72.8 Å². The van der Waals surface area contributed by atoms with E-state index in [0.29, 0.717) is 23.8 Å². The highest BCUT2D eigenvalue weighted by Gasteiger charge is 2.29. The third-order valence-electron chi connectivity index (χ3n) is 6.12. The molecule has 0 fully saturated rings. The third kappa shape index (κ3) is 5.56. The van der Waals surface area contributed by atoms with Gasteiger partial charge in [0.15, 0.2) is 0 Å². The van der Waals surface area contributed by atoms with E-state index in [1.54, 1.807) is 6.07 Å². The molecule has 0 unspecified atom stereocenters. The molecular weight excluding hydrogens is 436 g/mol. The van der Waals surface area contributed by atoms with E-state index in [-0.39, 0.29) is 5.82 Å². The summed E-state index contributed by atoms with van der Waals surface area (Å²) in [5.74, 6) is -0.268. The lowest BCUT2D eigenvalue weighted by molar-refractivity contribution is -0.137. The van der Waals surface area contributed by atoms with E-state index in [4.69, 9.17) is 0 Å². The van der Waals surface area contributed by atoms with Gasteiger partial charge < -0.3 is 0 Å². The molecule has 0 aliphatic carbocycles. The van der Waals surface area contributed by atoms with Gasteiger partial charge in [-0.15, -0.1) is 0 Å². The molecular formula is C30H26F4. The minimum atomic E-state index is -4.35. The van der Waals surface area contributed by atoms with Crippen molar-refractivity contribution in [2.75, 3.05) is 0 Å². The molecule has 4 heteroatoms. The molecule has 0 saturated heterocycles. The van der Waals surface area contributed by atoms with Crippen molar-refractivity contribution >= 4 is 10.8 Å². The summed E-state index contributed by atoms with van der Waals surface area (Å²) in [6.07, 6.45) is 2.78. The van der Waals surface area contributed by atoms with Gasteiger partial charge in [0.05, 0.1) is 5.56 Å². The molecule has 0 atom stereocenters. The number of halogens is 4. The standard InChI is InChI=1S/C30H26F4/c1-2-3-4-5-21-6-11-23(12-7-21)25-16-19-28-26(20-25)15-14-24(29(28)31)13-8-22-9-17-27(18-10-22)30(32,33)34/h2-3,6-7,9-12,14-20H,4-5,8,13H2,1H3/b3-2+. The number of benzene rings is 4. The first-order chi connectivity index (χ1) is 16.3. The van der Waals surface area contributed by atoms with E-state index in [1.807, 2.05) is 31.2 Å². The van der Waals surface area contributed by atoms with Gasteiger partial charge in [-0.25, -0.2) is 4.39 Å². The van der Waals surface area contributed by atoms with Crippen LogP contribution in [0.1, 0.15) is 35.6 Å². The van der Waals surface area contributed by atoms with Crippen molar-refractivity contribution < 1.29 is 17.6 Å². The number of rotatable bonds is 7. The fourth-order valence-corrected chi connectivity index (χ4v) is 4.13. The van der Waals surface area contributed by atoms with Crippen molar-refractivity contribution in [2.24, 2.45) is 0 Å². The van der Waals surface area contributed by atoms with E-state index >= 15 is 4.39 Å². The Labute approximate surface area is 197 Å². The lowest BCUT2D eigenvalue weighted by Crippen LogP contribution is -2.04. The Kier molecular flexibility index (Phi) is 7.16. The second kappa shape index (κ2) is 10.3. The average molecular weight is 463 g/mol. The van der Waals surface area contributed by atoms with E-state index in [1.165, 1.54) is 17.7 Å². The Morgan fingerprint density at radius 3 is 2.03 bits per heavy atom. The first kappa shape index (κ1) is 23.7. The maximum absolute atomic E-state index is 15.2. The Balaban J connectivity index is 1.48. The molecule has 0 heterocycles. The molecule has 0 aromatic heterocycles. The minimum Gasteiger partial charge on any atom is -0.206 e. The number of allylic oxidation sites excluding steroid dienone is 2. The highest BCUT2D eigenvalue weighted by atomic mass is 19.4. The summed E-state index contributed by atoms with van der Waals surface area (Å²) in [4.78, 5) is 0. The lowest BCUT2D eigenvalue weighted by atomic mass is 9.96. The molecule has 0 nitrogen and oxygen atoms in total. The zero-order valence-corrected chi connectivity index (χ0v) is 19.0. The summed E-state index contributed by atoms with van der Waals surface area (Å²) >= 11 is 0. The highest BCUT2D eigenvalue weighted by molar-refractivity contribution is 5.88. The normalized spacial score (nSPS) is 12.0. The van der Waals surface area contributed by atoms with Gasteiger partial charge in [0.1, 0.15) is 5.82 Å². The molecule has 34 heavy (non-hydrogen) atoms. The summed E-state index contributed by atoms with van der Waals surface area (Å²) in [5, 5.41) is 1.38. The van der Waals surface area contributed by atoms with Gasteiger partial charge in [-0.3, -0.25) is 0 Å². The van der Waals surface area contributed by atoms with Crippen molar-refractivity contribution in [3.63, 3.8) is 0 Å². The van der Waals surface area contributed by atoms with Crippen molar-refractivity contribution in [3.05, 3.63) is 119 Å². The van der Waals surface area contributed by atoms with Gasteiger partial charge in [0, 0.05) is 5.39 Å². The van der Waals surface area contributed by atoms with Gasteiger partial charge in [-0.2, -0.15) is 13.2 Å². The second-order valence-electron chi connectivity index (χ2n) is 8.47. The number of hydrogen-bond donors (Lipinski definition) is 0. The van der Waals surface area contributed by atoms with E-state index in [2.05, 4.69) is 36.4 Å². The molecule has 4 aromatic carbocycles. The molecule has 0 aliphatic heterocycles. The summed E-state index contributed by atoms with van der Waals surface area (Å²) in [7, 11) is 0. The van der Waals surface area contributed by atoms with Crippen LogP contribution in [0.4, 0.5) is 17.6 Å². The SMILES string of the molecule is C/C=C/CCc1ccc(-c2ccc3c(F)c(CCc4ccc(C(F)(F)F)cc4)ccc3c2)cc1. The predicted molar refractivity (Wildman–Crippen MR) is 131 cm³/mol. The molecule has 0 aliphatic rings. The number of aryl methyl sites for hydroxylation is 3. The van der Waals surface area contributed by atoms with Crippen LogP contribution in [-0.2, 0) is 25.4 Å². The number of hydrogen-bond acceptors (Lipinski definition) is 0. The second-order valence-corrected chi connectivity index (χ2v) is 8.47. The monoisotopic (exact) mass is 462 g/mol. The molecule has 0 amide bonds. The predicted octanol–water partition coefficient (Wildman–Crippen LogP) is 8.96. The summed E-state index contributed by atoms with van der Waals surface area (Å²) in [5.41, 5.74) is 4.04. The smallest absolute Gasteiger partial charge is 0.206 e. The van der Waals surface area contributed by atoms with Gasteiger partial charge in [0.25, 0.3) is 0 Å². The van der Waals surface area contributed by atoms with Gasteiger partial charge >= 0.3 is 6.18 Å². The zero-order chi connectivity index (χ0) is 24.1. The Morgan fingerprint density at radius 1 is 0.706 bits per heavy atom. The van der Waals surface area contributed by atoms with Crippen molar-refractivity contribution in [1.29, 1.82) is 0 Å². The first-order valence-corrected chi connectivity index (χ1v) is 11.4. The van der Waals surface area contributed by atoms with E-state index < -0.39 is 11.7 Å². The van der Waals surface area contributed by atoms with E-state index in [9.17, 15) is 13.2 Å². The van der Waals surface area contributed by atoms with Crippen molar-refractivity contribution in [1.82, 2.24) is 0 Å². The molecule has 0 saturated carbocycles. The van der Waals surface area contributed by atoms with Crippen LogP contribution in [0.5, 0.6) is 0 Å². The Morgan fingerprint density at radius 2 is 1.35 bits per heavy atom. The van der Waals surface area contributed by atoms with Crippen LogP contribution in [0, 0.1) is 5.82 Å². The Bertz CT molecular complexity index is 1280.